The molecule has 3 aromatic rings. The molecule has 1 aromatic heterocycles. The van der Waals surface area contributed by atoms with E-state index < -0.39 is 108 Å². The molecular formula is C53H77ClN4O14. The molecule has 19 heteroatoms. The molecule has 2 aromatic carbocycles. The number of para-hydroxylation sites is 2. The predicted molar refractivity (Wildman–Crippen MR) is 268 cm³/mol. The number of halogens is 1. The standard InChI is InChI=1S/C53H77ClN4O14/c1-14-40-53(10,64)45(60)30(4)42(57-66-27-34-19-15-16-20-35(34)54)28(2)24-51(8,63)46(72-50-43(59)39(58(11)12)23-29(3)67-50)31(5)44(32(6)48(61)69-40)70-41-25-52(9,65-13)47(33(7)68-41)71-49(62)38-26-55-36-21-17-18-22-37(36)56-38/h15-22,26,28-33,39-41,43-47,50,59-60,63-64H,14,23-25,27H2,1-13H3/b57-42+/t28-,29?,30+,31+,32-,33?,39?,40-,41?,43?,44+,45-,46-,47?,50?,51-,52?,53-/m1/s1. The summed E-state index contributed by atoms with van der Waals surface area (Å²) in [6.07, 6.45) is -8.97. The van der Waals surface area contributed by atoms with Crippen LogP contribution in [0.5, 0.6) is 0 Å². The van der Waals surface area contributed by atoms with Crippen LogP contribution in [-0.2, 0) is 49.4 Å². The highest BCUT2D eigenvalue weighted by Gasteiger charge is 2.54. The van der Waals surface area contributed by atoms with Gasteiger partial charge in [0.1, 0.15) is 30.0 Å². The largest absolute Gasteiger partial charge is 0.459 e. The molecule has 18 atom stereocenters. The zero-order valence-corrected chi connectivity index (χ0v) is 44.7. The second kappa shape index (κ2) is 23.7. The zero-order valence-electron chi connectivity index (χ0n) is 43.9. The van der Waals surface area contributed by atoms with E-state index in [1.807, 2.05) is 45.0 Å². The first-order chi connectivity index (χ1) is 33.8. The van der Waals surface area contributed by atoms with Crippen LogP contribution >= 0.6 is 11.6 Å². The van der Waals surface area contributed by atoms with E-state index >= 15 is 0 Å². The fourth-order valence-corrected chi connectivity index (χ4v) is 11.0. The van der Waals surface area contributed by atoms with Crippen LogP contribution in [-0.4, -0.2) is 158 Å². The fraction of sp³-hybridized carbons (Fsp3) is 0.679. The number of carbonyl (C=O) groups excluding carboxylic acids is 2. The molecule has 0 bridgehead atoms. The number of aromatic nitrogens is 2. The third-order valence-electron chi connectivity index (χ3n) is 15.1. The number of oxime groups is 1. The molecule has 0 amide bonds. The van der Waals surface area contributed by atoms with Crippen molar-refractivity contribution in [1.82, 2.24) is 14.9 Å². The van der Waals surface area contributed by atoms with E-state index in [-0.39, 0.29) is 43.7 Å². The van der Waals surface area contributed by atoms with Gasteiger partial charge in [-0.15, -0.1) is 0 Å². The van der Waals surface area contributed by atoms with Crippen molar-refractivity contribution in [3.05, 3.63) is 71.0 Å². The number of esters is 2. The predicted octanol–water partition coefficient (Wildman–Crippen LogP) is 6.25. The molecule has 0 saturated carbocycles. The number of hydrogen-bond donors (Lipinski definition) is 4. The summed E-state index contributed by atoms with van der Waals surface area (Å²) in [7, 11) is 5.20. The summed E-state index contributed by atoms with van der Waals surface area (Å²) in [5.74, 6) is -5.15. The second-order valence-electron chi connectivity index (χ2n) is 21.1. The van der Waals surface area contributed by atoms with Gasteiger partial charge in [-0.2, -0.15) is 0 Å². The van der Waals surface area contributed by atoms with Gasteiger partial charge >= 0.3 is 11.9 Å². The van der Waals surface area contributed by atoms with Crippen molar-refractivity contribution in [3.8, 4) is 0 Å². The number of nitrogens with zero attached hydrogens (tertiary/aromatic N) is 4. The summed E-state index contributed by atoms with van der Waals surface area (Å²) in [5, 5.41) is 54.3. The molecule has 0 spiro atoms. The molecule has 0 radical (unpaired) electrons. The lowest BCUT2D eigenvalue weighted by Crippen LogP contribution is -2.61. The number of ether oxygens (including phenoxy) is 7. The Morgan fingerprint density at radius 1 is 0.917 bits per heavy atom. The molecule has 6 rings (SSSR count). The molecule has 4 N–H and O–H groups in total. The fourth-order valence-electron chi connectivity index (χ4n) is 10.8. The zero-order chi connectivity index (χ0) is 53.0. The molecule has 400 valence electrons. The molecule has 3 aliphatic rings. The van der Waals surface area contributed by atoms with Crippen molar-refractivity contribution in [2.24, 2.45) is 28.8 Å². The Labute approximate surface area is 428 Å². The third kappa shape index (κ3) is 12.8. The van der Waals surface area contributed by atoms with E-state index in [0.29, 0.717) is 33.8 Å². The minimum atomic E-state index is -2.02. The van der Waals surface area contributed by atoms with Crippen LogP contribution in [0.4, 0.5) is 0 Å². The van der Waals surface area contributed by atoms with Crippen molar-refractivity contribution in [2.75, 3.05) is 21.2 Å². The minimum absolute atomic E-state index is 0.00117. The maximum absolute atomic E-state index is 14.7. The van der Waals surface area contributed by atoms with Crippen LogP contribution in [0, 0.1) is 23.7 Å². The van der Waals surface area contributed by atoms with Gasteiger partial charge in [0.2, 0.25) is 0 Å². The summed E-state index contributed by atoms with van der Waals surface area (Å²) in [6.45, 7) is 16.9. The van der Waals surface area contributed by atoms with E-state index in [1.165, 1.54) is 20.2 Å². The summed E-state index contributed by atoms with van der Waals surface area (Å²) in [6, 6.07) is 13.9. The van der Waals surface area contributed by atoms with Crippen LogP contribution < -0.4 is 0 Å². The van der Waals surface area contributed by atoms with Gasteiger partial charge in [0.25, 0.3) is 0 Å². The Kier molecular flexibility index (Phi) is 18.9. The Balaban J connectivity index is 1.39. The normalized spacial score (nSPS) is 39.1. The minimum Gasteiger partial charge on any atom is -0.459 e. The van der Waals surface area contributed by atoms with Crippen LogP contribution in [0.2, 0.25) is 5.02 Å². The monoisotopic (exact) mass is 1030 g/mol. The van der Waals surface area contributed by atoms with Gasteiger partial charge < -0.3 is 63.3 Å². The molecule has 3 saturated heterocycles. The molecule has 72 heavy (non-hydrogen) atoms. The van der Waals surface area contributed by atoms with Crippen LogP contribution in [0.1, 0.15) is 111 Å². The van der Waals surface area contributed by atoms with Crippen LogP contribution in [0.15, 0.2) is 59.9 Å². The van der Waals surface area contributed by atoms with Gasteiger partial charge in [0, 0.05) is 47.9 Å². The highest BCUT2D eigenvalue weighted by atomic mass is 35.5. The van der Waals surface area contributed by atoms with Gasteiger partial charge in [0.05, 0.1) is 65.0 Å². The van der Waals surface area contributed by atoms with Crippen LogP contribution in [0.3, 0.4) is 0 Å². The summed E-state index contributed by atoms with van der Waals surface area (Å²) in [5.41, 5.74) is -2.98. The van der Waals surface area contributed by atoms with Gasteiger partial charge in [0.15, 0.2) is 24.4 Å². The van der Waals surface area contributed by atoms with E-state index in [1.54, 1.807) is 84.9 Å². The van der Waals surface area contributed by atoms with Gasteiger partial charge in [-0.1, -0.05) is 74.8 Å². The third-order valence-corrected chi connectivity index (χ3v) is 15.4. The lowest BCUT2D eigenvalue weighted by molar-refractivity contribution is -0.317. The molecule has 3 aliphatic heterocycles. The number of cyclic esters (lactones) is 1. The molecule has 3 fully saturated rings. The molecule has 18 nitrogen and oxygen atoms in total. The number of methoxy groups -OCH3 is 1. The van der Waals surface area contributed by atoms with E-state index in [0.717, 1.165) is 0 Å². The molecular weight excluding hydrogens is 952 g/mol. The van der Waals surface area contributed by atoms with Crippen LogP contribution in [0.25, 0.3) is 11.0 Å². The smallest absolute Gasteiger partial charge is 0.359 e. The maximum atomic E-state index is 14.7. The summed E-state index contributed by atoms with van der Waals surface area (Å²) >= 11 is 6.46. The van der Waals surface area contributed by atoms with E-state index in [4.69, 9.17) is 49.6 Å². The number of rotatable bonds is 12. The highest BCUT2D eigenvalue weighted by molar-refractivity contribution is 6.31. The quantitative estimate of drug-likeness (QED) is 0.116. The second-order valence-corrected chi connectivity index (χ2v) is 21.5. The lowest BCUT2D eigenvalue weighted by Gasteiger charge is -2.49. The lowest BCUT2D eigenvalue weighted by atomic mass is 9.73. The van der Waals surface area contributed by atoms with Gasteiger partial charge in [-0.25, -0.2) is 9.78 Å². The Hall–Kier alpha value is -3.92. The molecule has 0 aliphatic carbocycles. The average Bonchev–Trinajstić information content (AvgIpc) is 3.33. The van der Waals surface area contributed by atoms with Crippen molar-refractivity contribution in [3.63, 3.8) is 0 Å². The van der Waals surface area contributed by atoms with Crippen molar-refractivity contribution < 1.29 is 68.0 Å². The molecule has 4 heterocycles. The van der Waals surface area contributed by atoms with E-state index in [9.17, 15) is 30.0 Å². The summed E-state index contributed by atoms with van der Waals surface area (Å²) < 4.78 is 45.0. The highest BCUT2D eigenvalue weighted by Crippen LogP contribution is 2.42. The Morgan fingerprint density at radius 2 is 1.58 bits per heavy atom. The number of benzene rings is 2. The average molecular weight is 1030 g/mol. The van der Waals surface area contributed by atoms with Crippen molar-refractivity contribution >= 4 is 40.3 Å². The topological polar surface area (TPSA) is 230 Å². The van der Waals surface area contributed by atoms with Gasteiger partial charge in [-0.3, -0.25) is 9.78 Å². The molecule has 8 unspecified atom stereocenters. The van der Waals surface area contributed by atoms with Crippen molar-refractivity contribution in [1.29, 1.82) is 0 Å². The number of fused-ring (bicyclic) bond motifs is 1. The summed E-state index contributed by atoms with van der Waals surface area (Å²) in [4.78, 5) is 45.0. The number of aliphatic hydroxyl groups excluding tert-OH is 2. The Bertz CT molecular complexity index is 2340. The first-order valence-electron chi connectivity index (χ1n) is 25.0. The Morgan fingerprint density at radius 3 is 2.24 bits per heavy atom. The SMILES string of the molecule is CC[C@H]1OC(=O)[C@H](C)[C@@H](OC2CC(C)(OC)C(OC(=O)c3cnc4ccccc4n3)C(C)O2)[C@H](C)[C@@H](OC2OC(C)CC(N(C)C)C2O)[C@](C)(O)C[C@@H](C)/C(=N\OCc2ccccc2Cl)[C@H](C)[C@@H](O)[C@]1(C)O. The number of likely N-dealkylation sites (N-methyl/N-ethyl adjacent to an activating group) is 1. The number of hydrogen-bond acceptors (Lipinski definition) is 18. The van der Waals surface area contributed by atoms with Gasteiger partial charge in [-0.05, 0) is 93.1 Å². The number of carbonyl (C=O) groups is 2. The first kappa shape index (κ1) is 57.4. The first-order valence-corrected chi connectivity index (χ1v) is 25.4. The number of aliphatic hydroxyl groups is 4. The van der Waals surface area contributed by atoms with E-state index in [2.05, 4.69) is 15.1 Å². The maximum Gasteiger partial charge on any atom is 0.359 e. The van der Waals surface area contributed by atoms with Crippen molar-refractivity contribution in [2.45, 2.75) is 186 Å².